The fourth-order valence-corrected chi connectivity index (χ4v) is 5.57. The molecule has 1 N–H and O–H groups in total. The topological polar surface area (TPSA) is 96.4 Å². The van der Waals surface area contributed by atoms with E-state index >= 15 is 0 Å². The molecule has 188 valence electrons. The van der Waals surface area contributed by atoms with Crippen LogP contribution in [0.4, 0.5) is 5.69 Å². The molecule has 1 spiro atoms. The van der Waals surface area contributed by atoms with Gasteiger partial charge in [0.15, 0.2) is 5.54 Å². The Morgan fingerprint density at radius 2 is 1.86 bits per heavy atom. The molecule has 3 aliphatic heterocycles. The molecule has 36 heavy (non-hydrogen) atoms. The van der Waals surface area contributed by atoms with Gasteiger partial charge in [-0.2, -0.15) is 0 Å². The Labute approximate surface area is 210 Å². The minimum Gasteiger partial charge on any atom is -0.507 e. The number of benzene rings is 2. The van der Waals surface area contributed by atoms with Crippen LogP contribution in [-0.2, 0) is 24.7 Å². The first-order valence-electron chi connectivity index (χ1n) is 12.5. The van der Waals surface area contributed by atoms with Gasteiger partial charge in [-0.1, -0.05) is 25.1 Å². The predicted molar refractivity (Wildman–Crippen MR) is 134 cm³/mol. The van der Waals surface area contributed by atoms with Crippen LogP contribution >= 0.6 is 0 Å². The molecule has 3 aliphatic rings. The zero-order valence-corrected chi connectivity index (χ0v) is 20.5. The molecule has 0 aromatic heterocycles. The summed E-state index contributed by atoms with van der Waals surface area (Å²) in [6, 6.07) is 13.8. The number of fused-ring (bicyclic) bond motifs is 2. The Morgan fingerprint density at radius 3 is 2.53 bits per heavy atom. The van der Waals surface area contributed by atoms with Crippen molar-refractivity contribution in [3.8, 4) is 5.75 Å². The van der Waals surface area contributed by atoms with E-state index in [2.05, 4.69) is 0 Å². The van der Waals surface area contributed by atoms with Crippen molar-refractivity contribution >= 4 is 29.0 Å². The van der Waals surface area contributed by atoms with Crippen LogP contribution in [0.1, 0.15) is 44.2 Å². The van der Waals surface area contributed by atoms with Gasteiger partial charge in [-0.3, -0.25) is 14.4 Å². The molecule has 8 nitrogen and oxygen atoms in total. The van der Waals surface area contributed by atoms with Gasteiger partial charge in [0.25, 0.3) is 17.6 Å². The second-order valence-electron chi connectivity index (χ2n) is 9.25. The SMILES string of the molecule is CCCN1C(=O)C2(C(=C(O)c3ccc(OCC)cc3)C(=O)C(=O)N2CC2CCCO2)c2ccccc21. The van der Waals surface area contributed by atoms with Crippen molar-refractivity contribution in [3.63, 3.8) is 0 Å². The van der Waals surface area contributed by atoms with Gasteiger partial charge in [0, 0.05) is 30.8 Å². The highest BCUT2D eigenvalue weighted by Gasteiger charge is 2.67. The second kappa shape index (κ2) is 9.43. The van der Waals surface area contributed by atoms with Crippen molar-refractivity contribution in [1.82, 2.24) is 4.90 Å². The van der Waals surface area contributed by atoms with Gasteiger partial charge >= 0.3 is 0 Å². The van der Waals surface area contributed by atoms with Gasteiger partial charge in [-0.05, 0) is 56.5 Å². The number of aliphatic hydroxyl groups excluding tert-OH is 1. The first-order chi connectivity index (χ1) is 17.4. The number of aliphatic hydroxyl groups is 1. The number of anilines is 1. The van der Waals surface area contributed by atoms with E-state index in [1.165, 1.54) is 4.90 Å². The van der Waals surface area contributed by atoms with Crippen molar-refractivity contribution in [2.75, 3.05) is 31.2 Å². The lowest BCUT2D eigenvalue weighted by atomic mass is 9.81. The van der Waals surface area contributed by atoms with Gasteiger partial charge in [0.05, 0.1) is 24.0 Å². The summed E-state index contributed by atoms with van der Waals surface area (Å²) >= 11 is 0. The Bertz CT molecular complexity index is 1230. The largest absolute Gasteiger partial charge is 0.507 e. The van der Waals surface area contributed by atoms with Crippen molar-refractivity contribution < 1.29 is 29.0 Å². The number of likely N-dealkylation sites (tertiary alicyclic amines) is 1. The Balaban J connectivity index is 1.74. The fraction of sp³-hybridized carbons (Fsp3) is 0.393. The number of hydrogen-bond donors (Lipinski definition) is 1. The molecule has 2 aromatic rings. The first-order valence-corrected chi connectivity index (χ1v) is 12.5. The van der Waals surface area contributed by atoms with E-state index < -0.39 is 23.1 Å². The van der Waals surface area contributed by atoms with Gasteiger partial charge in [-0.15, -0.1) is 0 Å². The molecule has 2 saturated heterocycles. The van der Waals surface area contributed by atoms with E-state index in [4.69, 9.17) is 9.47 Å². The minimum atomic E-state index is -1.76. The van der Waals surface area contributed by atoms with Crippen molar-refractivity contribution in [2.45, 2.75) is 44.8 Å². The molecule has 2 atom stereocenters. The number of para-hydroxylation sites is 1. The predicted octanol–water partition coefficient (Wildman–Crippen LogP) is 3.60. The van der Waals surface area contributed by atoms with Crippen LogP contribution in [0.2, 0.25) is 0 Å². The molecule has 2 fully saturated rings. The molecule has 8 heteroatoms. The van der Waals surface area contributed by atoms with Gasteiger partial charge < -0.3 is 24.4 Å². The normalized spacial score (nSPS) is 24.7. The number of ether oxygens (including phenoxy) is 2. The number of Topliss-reactive ketones (excluding diaryl/α,β-unsaturated/α-hetero) is 1. The number of hydrogen-bond acceptors (Lipinski definition) is 6. The van der Waals surface area contributed by atoms with E-state index in [9.17, 15) is 19.5 Å². The highest BCUT2D eigenvalue weighted by Crippen LogP contribution is 2.53. The van der Waals surface area contributed by atoms with E-state index in [-0.39, 0.29) is 24.0 Å². The molecular formula is C28H30N2O6. The van der Waals surface area contributed by atoms with Gasteiger partial charge in [0.1, 0.15) is 11.5 Å². The van der Waals surface area contributed by atoms with E-state index in [0.29, 0.717) is 48.7 Å². The summed E-state index contributed by atoms with van der Waals surface area (Å²) in [7, 11) is 0. The summed E-state index contributed by atoms with van der Waals surface area (Å²) in [5.74, 6) is -1.86. The van der Waals surface area contributed by atoms with E-state index in [0.717, 1.165) is 12.8 Å². The fourth-order valence-electron chi connectivity index (χ4n) is 5.57. The zero-order chi connectivity index (χ0) is 25.4. The molecule has 0 saturated carbocycles. The number of amides is 2. The molecule has 0 bridgehead atoms. The summed E-state index contributed by atoms with van der Waals surface area (Å²) in [4.78, 5) is 44.4. The summed E-state index contributed by atoms with van der Waals surface area (Å²) in [5.41, 5.74) is -0.471. The number of rotatable bonds is 7. The maximum atomic E-state index is 14.3. The lowest BCUT2D eigenvalue weighted by Crippen LogP contribution is -2.53. The lowest BCUT2D eigenvalue weighted by molar-refractivity contribution is -0.145. The highest BCUT2D eigenvalue weighted by molar-refractivity contribution is 6.50. The van der Waals surface area contributed by atoms with Gasteiger partial charge in [0.2, 0.25) is 0 Å². The summed E-state index contributed by atoms with van der Waals surface area (Å²) in [5, 5.41) is 11.5. The van der Waals surface area contributed by atoms with Crippen molar-refractivity contribution in [1.29, 1.82) is 0 Å². The molecule has 2 aromatic carbocycles. The average molecular weight is 491 g/mol. The highest BCUT2D eigenvalue weighted by atomic mass is 16.5. The molecule has 3 heterocycles. The number of ketones is 1. The standard InChI is InChI=1S/C28H30N2O6/c1-3-15-29-22-10-6-5-9-21(22)28(27(29)34)23(24(31)18-11-13-19(14-12-18)35-4-2)25(32)26(33)30(28)17-20-8-7-16-36-20/h5-6,9-14,20,31H,3-4,7-8,15-17H2,1-2H3. The molecule has 0 aliphatic carbocycles. The minimum absolute atomic E-state index is 0.0880. The maximum Gasteiger partial charge on any atom is 0.296 e. The number of nitrogens with zero attached hydrogens (tertiary/aromatic N) is 2. The van der Waals surface area contributed by atoms with Crippen molar-refractivity contribution in [2.24, 2.45) is 0 Å². The van der Waals surface area contributed by atoms with Gasteiger partial charge in [-0.25, -0.2) is 0 Å². The molecule has 2 unspecified atom stereocenters. The molecule has 5 rings (SSSR count). The van der Waals surface area contributed by atoms with Crippen LogP contribution in [-0.4, -0.2) is 60.0 Å². The van der Waals surface area contributed by atoms with Crippen LogP contribution in [0, 0.1) is 0 Å². The monoisotopic (exact) mass is 490 g/mol. The third-order valence-corrected chi connectivity index (χ3v) is 7.11. The Kier molecular flexibility index (Phi) is 6.30. The Morgan fingerprint density at radius 1 is 1.11 bits per heavy atom. The van der Waals surface area contributed by atoms with E-state index in [1.54, 1.807) is 41.3 Å². The maximum absolute atomic E-state index is 14.3. The third kappa shape index (κ3) is 3.51. The summed E-state index contributed by atoms with van der Waals surface area (Å²) in [6.07, 6.45) is 1.98. The van der Waals surface area contributed by atoms with Crippen LogP contribution in [0.3, 0.4) is 0 Å². The second-order valence-corrected chi connectivity index (χ2v) is 9.25. The van der Waals surface area contributed by atoms with Crippen LogP contribution in [0.5, 0.6) is 5.75 Å². The van der Waals surface area contributed by atoms with E-state index in [1.807, 2.05) is 26.0 Å². The number of carbonyl (C=O) groups excluding carboxylic acids is 3. The first kappa shape index (κ1) is 24.1. The van der Waals surface area contributed by atoms with Crippen LogP contribution < -0.4 is 9.64 Å². The molecular weight excluding hydrogens is 460 g/mol. The summed E-state index contributed by atoms with van der Waals surface area (Å²) < 4.78 is 11.3. The van der Waals surface area contributed by atoms with Crippen LogP contribution in [0.15, 0.2) is 54.1 Å². The smallest absolute Gasteiger partial charge is 0.296 e. The Hall–Kier alpha value is -3.65. The van der Waals surface area contributed by atoms with Crippen molar-refractivity contribution in [3.05, 3.63) is 65.2 Å². The average Bonchev–Trinajstić information content (AvgIpc) is 3.55. The third-order valence-electron chi connectivity index (χ3n) is 7.11. The van der Waals surface area contributed by atoms with Crippen LogP contribution in [0.25, 0.3) is 5.76 Å². The molecule has 2 amide bonds. The summed E-state index contributed by atoms with van der Waals surface area (Å²) in [6.45, 7) is 5.40. The molecule has 0 radical (unpaired) electrons. The lowest BCUT2D eigenvalue weighted by Gasteiger charge is -2.35. The zero-order valence-electron chi connectivity index (χ0n) is 20.5. The number of carbonyl (C=O) groups is 3. The quantitative estimate of drug-likeness (QED) is 0.362.